The molecule has 2 unspecified atom stereocenters. The second kappa shape index (κ2) is 7.24. The molecule has 2 N–H and O–H groups in total. The van der Waals surface area contributed by atoms with Gasteiger partial charge in [-0.2, -0.15) is 0 Å². The van der Waals surface area contributed by atoms with Crippen molar-refractivity contribution in [1.29, 1.82) is 0 Å². The molecule has 2 atom stereocenters. The summed E-state index contributed by atoms with van der Waals surface area (Å²) in [5, 5.41) is 12.1. The van der Waals surface area contributed by atoms with Gasteiger partial charge in [-0.15, -0.1) is 0 Å². The Hall–Kier alpha value is -1.62. The zero-order valence-corrected chi connectivity index (χ0v) is 11.8. The first-order valence-corrected chi connectivity index (χ1v) is 7.26. The number of aromatic nitrogens is 1. The Labute approximate surface area is 119 Å². The summed E-state index contributed by atoms with van der Waals surface area (Å²) in [7, 11) is 0. The number of aromatic hydroxyl groups is 1. The van der Waals surface area contributed by atoms with Crippen LogP contribution < -0.4 is 5.32 Å². The Balaban J connectivity index is 1.81. The van der Waals surface area contributed by atoms with Crippen LogP contribution in [0.25, 0.3) is 0 Å². The van der Waals surface area contributed by atoms with Crippen molar-refractivity contribution in [3.63, 3.8) is 0 Å². The molecule has 1 amide bonds. The summed E-state index contributed by atoms with van der Waals surface area (Å²) in [6.07, 6.45) is 7.43. The quantitative estimate of drug-likeness (QED) is 0.868. The average molecular weight is 278 g/mol. The fraction of sp³-hybridized carbons (Fsp3) is 0.600. The number of hydrogen-bond acceptors (Lipinski definition) is 4. The maximum atomic E-state index is 11.8. The smallest absolute Gasteiger partial charge is 0.251 e. The van der Waals surface area contributed by atoms with Gasteiger partial charge >= 0.3 is 0 Å². The normalized spacial score (nSPS) is 22.4. The van der Waals surface area contributed by atoms with Gasteiger partial charge in [-0.05, 0) is 30.9 Å². The number of hydrogen-bond donors (Lipinski definition) is 2. The van der Waals surface area contributed by atoms with Crippen LogP contribution in [0.3, 0.4) is 0 Å². The van der Waals surface area contributed by atoms with Crippen LogP contribution in [0.2, 0.25) is 0 Å². The predicted octanol–water partition coefficient (Wildman–Crippen LogP) is 2.71. The largest absolute Gasteiger partial charge is 0.504 e. The summed E-state index contributed by atoms with van der Waals surface area (Å²) >= 11 is 0. The van der Waals surface area contributed by atoms with Crippen molar-refractivity contribution in [2.75, 3.05) is 11.9 Å². The van der Waals surface area contributed by atoms with Crippen molar-refractivity contribution >= 4 is 11.7 Å². The minimum atomic E-state index is -0.278. The molecule has 5 heteroatoms. The number of rotatable bonds is 5. The molecule has 1 aliphatic carbocycles. The molecule has 1 fully saturated rings. The Morgan fingerprint density at radius 3 is 3.05 bits per heavy atom. The monoisotopic (exact) mass is 278 g/mol. The van der Waals surface area contributed by atoms with E-state index in [4.69, 9.17) is 4.74 Å². The molecule has 0 aliphatic heterocycles. The maximum Gasteiger partial charge on any atom is 0.251 e. The molecule has 110 valence electrons. The topological polar surface area (TPSA) is 71.5 Å². The summed E-state index contributed by atoms with van der Waals surface area (Å²) < 4.78 is 5.74. The van der Waals surface area contributed by atoms with Crippen LogP contribution in [-0.4, -0.2) is 28.7 Å². The lowest BCUT2D eigenvalue weighted by Gasteiger charge is -2.30. The van der Waals surface area contributed by atoms with E-state index in [2.05, 4.69) is 17.2 Å². The summed E-state index contributed by atoms with van der Waals surface area (Å²) in [5.74, 6) is 0.418. The number of carbonyl (C=O) groups is 1. The molecule has 0 aromatic carbocycles. The number of pyridine rings is 1. The molecular weight excluding hydrogens is 256 g/mol. The minimum Gasteiger partial charge on any atom is -0.504 e. The van der Waals surface area contributed by atoms with Crippen molar-refractivity contribution in [3.8, 4) is 5.75 Å². The number of ether oxygens (including phenoxy) is 1. The van der Waals surface area contributed by atoms with E-state index in [9.17, 15) is 9.90 Å². The maximum absolute atomic E-state index is 11.8. The van der Waals surface area contributed by atoms with Crippen molar-refractivity contribution in [3.05, 3.63) is 18.3 Å². The summed E-state index contributed by atoms with van der Waals surface area (Å²) in [6.45, 7) is 2.18. The lowest BCUT2D eigenvalue weighted by Crippen LogP contribution is -2.31. The van der Waals surface area contributed by atoms with Gasteiger partial charge in [0.15, 0.2) is 11.6 Å². The van der Waals surface area contributed by atoms with Gasteiger partial charge in [0.05, 0.1) is 6.10 Å². The Kier molecular flexibility index (Phi) is 5.35. The van der Waals surface area contributed by atoms with Crippen LogP contribution in [0.5, 0.6) is 5.75 Å². The van der Waals surface area contributed by atoms with Crippen LogP contribution >= 0.6 is 0 Å². The Morgan fingerprint density at radius 2 is 2.30 bits per heavy atom. The van der Waals surface area contributed by atoms with E-state index in [1.165, 1.54) is 31.5 Å². The molecule has 0 saturated heterocycles. The first-order chi connectivity index (χ1) is 9.70. The zero-order valence-electron chi connectivity index (χ0n) is 11.8. The first-order valence-electron chi connectivity index (χ1n) is 7.26. The van der Waals surface area contributed by atoms with Crippen LogP contribution in [0.15, 0.2) is 18.3 Å². The summed E-state index contributed by atoms with van der Waals surface area (Å²) in [5.41, 5.74) is 0. The van der Waals surface area contributed by atoms with Gasteiger partial charge in [-0.25, -0.2) is 4.98 Å². The van der Waals surface area contributed by atoms with Crippen LogP contribution in [0.4, 0.5) is 5.82 Å². The third kappa shape index (κ3) is 3.93. The van der Waals surface area contributed by atoms with Gasteiger partial charge in [0.2, 0.25) is 0 Å². The highest BCUT2D eigenvalue weighted by atomic mass is 16.5. The molecule has 1 aromatic rings. The molecule has 0 bridgehead atoms. The molecule has 1 heterocycles. The van der Waals surface area contributed by atoms with E-state index in [-0.39, 0.29) is 30.2 Å². The minimum absolute atomic E-state index is 0.0111. The zero-order chi connectivity index (χ0) is 14.4. The third-order valence-electron chi connectivity index (χ3n) is 3.84. The number of amides is 1. The molecular formula is C15H22N2O3. The molecule has 1 aromatic heterocycles. The van der Waals surface area contributed by atoms with E-state index in [1.807, 2.05) is 0 Å². The van der Waals surface area contributed by atoms with Crippen molar-refractivity contribution in [2.24, 2.45) is 5.92 Å². The number of nitrogens with zero attached hydrogens (tertiary/aromatic N) is 1. The molecule has 0 radical (unpaired) electrons. The Bertz CT molecular complexity index is 450. The fourth-order valence-corrected chi connectivity index (χ4v) is 2.70. The lowest BCUT2D eigenvalue weighted by molar-refractivity contribution is -0.124. The molecule has 5 nitrogen and oxygen atoms in total. The third-order valence-corrected chi connectivity index (χ3v) is 3.84. The van der Waals surface area contributed by atoms with Crippen molar-refractivity contribution in [1.82, 2.24) is 4.98 Å². The van der Waals surface area contributed by atoms with Gasteiger partial charge < -0.3 is 15.2 Å². The van der Waals surface area contributed by atoms with Crippen molar-refractivity contribution < 1.29 is 14.6 Å². The van der Waals surface area contributed by atoms with E-state index in [1.54, 1.807) is 6.07 Å². The summed E-state index contributed by atoms with van der Waals surface area (Å²) in [4.78, 5) is 15.7. The van der Waals surface area contributed by atoms with Gasteiger partial charge in [-0.1, -0.05) is 26.2 Å². The van der Waals surface area contributed by atoms with Crippen LogP contribution in [0.1, 0.15) is 39.0 Å². The van der Waals surface area contributed by atoms with Crippen LogP contribution in [-0.2, 0) is 9.53 Å². The highest BCUT2D eigenvalue weighted by Crippen LogP contribution is 2.29. The van der Waals surface area contributed by atoms with E-state index in [0.717, 1.165) is 12.8 Å². The van der Waals surface area contributed by atoms with Gasteiger partial charge in [-0.3, -0.25) is 4.79 Å². The van der Waals surface area contributed by atoms with E-state index >= 15 is 0 Å². The van der Waals surface area contributed by atoms with Gasteiger partial charge in [0.1, 0.15) is 6.61 Å². The second-order valence-electron chi connectivity index (χ2n) is 5.22. The molecule has 0 spiro atoms. The molecule has 20 heavy (non-hydrogen) atoms. The van der Waals surface area contributed by atoms with E-state index < -0.39 is 0 Å². The highest BCUT2D eigenvalue weighted by molar-refractivity contribution is 5.91. The average Bonchev–Trinajstić information content (AvgIpc) is 2.48. The van der Waals surface area contributed by atoms with Gasteiger partial charge in [0, 0.05) is 6.20 Å². The molecule has 1 aliphatic rings. The first kappa shape index (κ1) is 14.8. The number of carbonyl (C=O) groups excluding carboxylic acids is 1. The molecule has 2 rings (SSSR count). The number of anilines is 1. The predicted molar refractivity (Wildman–Crippen MR) is 76.5 cm³/mol. The van der Waals surface area contributed by atoms with Crippen molar-refractivity contribution in [2.45, 2.75) is 45.1 Å². The number of nitrogens with one attached hydrogen (secondary N) is 1. The Morgan fingerprint density at radius 1 is 1.50 bits per heavy atom. The molecule has 1 saturated carbocycles. The van der Waals surface area contributed by atoms with Gasteiger partial charge in [0.25, 0.3) is 5.91 Å². The summed E-state index contributed by atoms with van der Waals surface area (Å²) in [6, 6.07) is 3.09. The fourth-order valence-electron chi connectivity index (χ4n) is 2.70. The van der Waals surface area contributed by atoms with Crippen LogP contribution in [0, 0.1) is 5.92 Å². The SMILES string of the molecule is CCC1CCCCC1OCC(=O)Nc1ncccc1O. The highest BCUT2D eigenvalue weighted by Gasteiger charge is 2.24. The van der Waals surface area contributed by atoms with E-state index in [0.29, 0.717) is 5.92 Å². The lowest BCUT2D eigenvalue weighted by atomic mass is 9.85. The standard InChI is InChI=1S/C15H22N2O3/c1-2-11-6-3-4-8-13(11)20-10-14(19)17-15-12(18)7-5-9-16-15/h5,7,9,11,13,18H,2-4,6,8,10H2,1H3,(H,16,17,19). The second-order valence-corrected chi connectivity index (χ2v) is 5.22.